The fraction of sp³-hybridized carbons (Fsp3) is 0.435. The highest BCUT2D eigenvalue weighted by Gasteiger charge is 2.24. The lowest BCUT2D eigenvalue weighted by molar-refractivity contribution is -0.140. The van der Waals surface area contributed by atoms with Gasteiger partial charge in [0.1, 0.15) is 11.9 Å². The Hall–Kier alpha value is -2.93. The van der Waals surface area contributed by atoms with E-state index in [9.17, 15) is 14.7 Å². The van der Waals surface area contributed by atoms with Crippen LogP contribution in [0.4, 0.5) is 0 Å². The number of hydrogen-bond donors (Lipinski definition) is 2. The molecule has 0 aliphatic carbocycles. The normalized spacial score (nSPS) is 12.6. The molecule has 30 heavy (non-hydrogen) atoms. The molecule has 2 N–H and O–H groups in total. The lowest BCUT2D eigenvalue weighted by atomic mass is 9.96. The summed E-state index contributed by atoms with van der Waals surface area (Å²) in [6, 6.07) is 10.1. The van der Waals surface area contributed by atoms with E-state index in [0.29, 0.717) is 30.6 Å². The molecular weight excluding hydrogens is 384 g/mol. The highest BCUT2D eigenvalue weighted by molar-refractivity contribution is 5.76. The first kappa shape index (κ1) is 23.3. The average Bonchev–Trinajstić information content (AvgIpc) is 2.79. The fourth-order valence-corrected chi connectivity index (χ4v) is 3.16. The van der Waals surface area contributed by atoms with Crippen molar-refractivity contribution in [2.24, 2.45) is 0 Å². The van der Waals surface area contributed by atoms with Crippen LogP contribution in [0.2, 0.25) is 0 Å². The monoisotopic (exact) mass is 414 g/mol. The summed E-state index contributed by atoms with van der Waals surface area (Å²) in [5.41, 5.74) is 1.46. The number of nitrogens with zero attached hydrogens (tertiary/aromatic N) is 1. The highest BCUT2D eigenvalue weighted by Crippen LogP contribution is 2.29. The smallest absolute Gasteiger partial charge is 0.305 e. The molecule has 0 fully saturated rings. The van der Waals surface area contributed by atoms with Crippen molar-refractivity contribution in [3.63, 3.8) is 0 Å². The zero-order valence-electron chi connectivity index (χ0n) is 17.5. The van der Waals surface area contributed by atoms with Gasteiger partial charge in [-0.15, -0.1) is 0 Å². The van der Waals surface area contributed by atoms with Gasteiger partial charge in [0, 0.05) is 25.2 Å². The van der Waals surface area contributed by atoms with Gasteiger partial charge in [0.05, 0.1) is 20.3 Å². The molecule has 7 nitrogen and oxygen atoms in total. The second-order valence-electron chi connectivity index (χ2n) is 7.03. The predicted molar refractivity (Wildman–Crippen MR) is 113 cm³/mol. The summed E-state index contributed by atoms with van der Waals surface area (Å²) >= 11 is 0. The molecule has 2 rings (SSSR count). The van der Waals surface area contributed by atoms with Crippen LogP contribution in [0, 0.1) is 0 Å². The van der Waals surface area contributed by atoms with Crippen molar-refractivity contribution in [3.05, 3.63) is 59.9 Å². The number of aromatic nitrogens is 1. The van der Waals surface area contributed by atoms with Crippen molar-refractivity contribution in [2.45, 2.75) is 50.7 Å². The van der Waals surface area contributed by atoms with Crippen molar-refractivity contribution >= 4 is 11.9 Å². The molecule has 1 aromatic carbocycles. The quantitative estimate of drug-likeness (QED) is 0.408. The summed E-state index contributed by atoms with van der Waals surface area (Å²) in [7, 11) is 2.97. The van der Waals surface area contributed by atoms with Crippen LogP contribution in [-0.2, 0) is 14.3 Å². The Bertz CT molecular complexity index is 780. The number of carbonyl (C=O) groups is 2. The van der Waals surface area contributed by atoms with Gasteiger partial charge in [-0.25, -0.2) is 0 Å². The summed E-state index contributed by atoms with van der Waals surface area (Å²) in [6.07, 6.45) is 6.31. The number of rotatable bonds is 12. The third kappa shape index (κ3) is 7.48. The fourth-order valence-electron chi connectivity index (χ4n) is 3.16. The van der Waals surface area contributed by atoms with Crippen molar-refractivity contribution in [1.29, 1.82) is 0 Å². The van der Waals surface area contributed by atoms with Crippen LogP contribution in [0.1, 0.15) is 61.8 Å². The van der Waals surface area contributed by atoms with Gasteiger partial charge >= 0.3 is 5.97 Å². The molecule has 0 radical (unpaired) electrons. The molecule has 0 saturated carbocycles. The largest absolute Gasteiger partial charge is 0.497 e. The molecule has 1 amide bonds. The zero-order chi connectivity index (χ0) is 21.8. The summed E-state index contributed by atoms with van der Waals surface area (Å²) in [5, 5.41) is 13.9. The molecule has 0 bridgehead atoms. The number of hydrogen-bond acceptors (Lipinski definition) is 6. The molecular formula is C23H30N2O5. The minimum Gasteiger partial charge on any atom is -0.497 e. The first-order valence-corrected chi connectivity index (χ1v) is 10.1. The molecule has 1 heterocycles. The van der Waals surface area contributed by atoms with Gasteiger partial charge in [-0.05, 0) is 48.2 Å². The van der Waals surface area contributed by atoms with Gasteiger partial charge in [0.2, 0.25) is 5.91 Å². The Labute approximate surface area is 177 Å². The molecule has 2 unspecified atom stereocenters. The first-order valence-electron chi connectivity index (χ1n) is 10.1. The number of unbranched alkanes of at least 4 members (excludes halogenated alkanes) is 3. The van der Waals surface area contributed by atoms with Gasteiger partial charge in [0.25, 0.3) is 0 Å². The van der Waals surface area contributed by atoms with Crippen LogP contribution in [-0.4, -0.2) is 36.2 Å². The number of benzene rings is 1. The lowest BCUT2D eigenvalue weighted by Crippen LogP contribution is -2.32. The number of aliphatic hydroxyl groups is 1. The lowest BCUT2D eigenvalue weighted by Gasteiger charge is -2.25. The molecule has 0 aliphatic rings. The number of esters is 1. The maximum atomic E-state index is 12.5. The van der Waals surface area contributed by atoms with Crippen LogP contribution < -0.4 is 10.1 Å². The number of carbonyl (C=O) groups excluding carboxylic acids is 2. The first-order chi connectivity index (χ1) is 14.5. The minimum absolute atomic E-state index is 0.127. The average molecular weight is 415 g/mol. The van der Waals surface area contributed by atoms with E-state index in [4.69, 9.17) is 4.74 Å². The van der Waals surface area contributed by atoms with Crippen molar-refractivity contribution in [2.75, 3.05) is 14.2 Å². The van der Waals surface area contributed by atoms with E-state index in [1.165, 1.54) is 7.11 Å². The molecule has 162 valence electrons. The zero-order valence-corrected chi connectivity index (χ0v) is 17.5. The van der Waals surface area contributed by atoms with Crippen molar-refractivity contribution in [3.8, 4) is 5.75 Å². The van der Waals surface area contributed by atoms with E-state index in [0.717, 1.165) is 24.8 Å². The Morgan fingerprint density at radius 1 is 0.933 bits per heavy atom. The molecule has 1 aromatic heterocycles. The number of methoxy groups -OCH3 is 2. The summed E-state index contributed by atoms with van der Waals surface area (Å²) < 4.78 is 9.78. The third-order valence-electron chi connectivity index (χ3n) is 4.92. The molecule has 0 aliphatic heterocycles. The van der Waals surface area contributed by atoms with Gasteiger partial charge in [0.15, 0.2) is 0 Å². The van der Waals surface area contributed by atoms with E-state index < -0.39 is 12.1 Å². The Balaban J connectivity index is 1.93. The number of nitrogens with one attached hydrogen (secondary N) is 1. The van der Waals surface area contributed by atoms with E-state index in [1.54, 1.807) is 55.9 Å². The molecule has 0 saturated heterocycles. The Morgan fingerprint density at radius 2 is 1.57 bits per heavy atom. The van der Waals surface area contributed by atoms with Crippen molar-refractivity contribution in [1.82, 2.24) is 10.3 Å². The number of ether oxygens (including phenoxy) is 2. The van der Waals surface area contributed by atoms with Gasteiger partial charge < -0.3 is 19.9 Å². The minimum atomic E-state index is -0.915. The maximum Gasteiger partial charge on any atom is 0.305 e. The number of amides is 1. The Morgan fingerprint density at radius 3 is 2.17 bits per heavy atom. The van der Waals surface area contributed by atoms with E-state index >= 15 is 0 Å². The van der Waals surface area contributed by atoms with Gasteiger partial charge in [-0.1, -0.05) is 25.0 Å². The highest BCUT2D eigenvalue weighted by atomic mass is 16.5. The standard InChI is InChI=1S/C23H30N2O5/c1-29-19-11-9-18(10-12-19)23(28)22(17-13-15-24-16-14-17)25-20(26)7-5-3-4-6-8-21(27)30-2/h9-16,22-23,28H,3-8H2,1-2H3,(H,25,26). The maximum absolute atomic E-state index is 12.5. The second-order valence-corrected chi connectivity index (χ2v) is 7.03. The van der Waals surface area contributed by atoms with Crippen LogP contribution in [0.3, 0.4) is 0 Å². The number of aliphatic hydroxyl groups excluding tert-OH is 1. The van der Waals surface area contributed by atoms with Crippen LogP contribution >= 0.6 is 0 Å². The van der Waals surface area contributed by atoms with E-state index in [-0.39, 0.29) is 11.9 Å². The predicted octanol–water partition coefficient (Wildman–Crippen LogP) is 3.49. The summed E-state index contributed by atoms with van der Waals surface area (Å²) in [4.78, 5) is 27.6. The molecule has 2 aromatic rings. The molecule has 7 heteroatoms. The van der Waals surface area contributed by atoms with Gasteiger partial charge in [-0.2, -0.15) is 0 Å². The summed E-state index contributed by atoms with van der Waals surface area (Å²) in [6.45, 7) is 0. The third-order valence-corrected chi connectivity index (χ3v) is 4.92. The van der Waals surface area contributed by atoms with Crippen LogP contribution in [0.15, 0.2) is 48.8 Å². The molecule has 2 atom stereocenters. The van der Waals surface area contributed by atoms with E-state index in [1.807, 2.05) is 0 Å². The van der Waals surface area contributed by atoms with Gasteiger partial charge in [-0.3, -0.25) is 14.6 Å². The Kier molecular flexibility index (Phi) is 9.80. The number of pyridine rings is 1. The SMILES string of the molecule is COC(=O)CCCCCCC(=O)NC(c1ccncc1)C(O)c1ccc(OC)cc1. The topological polar surface area (TPSA) is 97.8 Å². The van der Waals surface area contributed by atoms with Crippen molar-refractivity contribution < 1.29 is 24.2 Å². The summed E-state index contributed by atoms with van der Waals surface area (Å²) in [5.74, 6) is 0.362. The van der Waals surface area contributed by atoms with E-state index in [2.05, 4.69) is 15.0 Å². The molecule has 0 spiro atoms. The second kappa shape index (κ2) is 12.6. The van der Waals surface area contributed by atoms with Crippen LogP contribution in [0.5, 0.6) is 5.75 Å². The van der Waals surface area contributed by atoms with Crippen LogP contribution in [0.25, 0.3) is 0 Å².